The van der Waals surface area contributed by atoms with E-state index >= 15 is 0 Å². The minimum atomic E-state index is -4.10. The van der Waals surface area contributed by atoms with Gasteiger partial charge in [0.05, 0.1) is 6.54 Å². The summed E-state index contributed by atoms with van der Waals surface area (Å²) in [4.78, 5) is 0. The molecule has 0 spiro atoms. The summed E-state index contributed by atoms with van der Waals surface area (Å²) in [5.74, 6) is 0. The molecule has 0 aromatic rings. The van der Waals surface area contributed by atoms with Crippen LogP contribution in [0, 0.1) is 0 Å². The molecule has 0 bridgehead atoms. The molecule has 1 rings (SSSR count). The molecule has 2 atom stereocenters. The van der Waals surface area contributed by atoms with Crippen LogP contribution in [0.5, 0.6) is 0 Å². The lowest BCUT2D eigenvalue weighted by Gasteiger charge is -2.19. The summed E-state index contributed by atoms with van der Waals surface area (Å²) < 4.78 is 35.6. The highest BCUT2D eigenvalue weighted by Crippen LogP contribution is 2.14. The molecule has 0 saturated carbocycles. The summed E-state index contributed by atoms with van der Waals surface area (Å²) in [6, 6.07) is 0.318. The van der Waals surface area contributed by atoms with E-state index in [9.17, 15) is 13.2 Å². The lowest BCUT2D eigenvalue weighted by atomic mass is 10.1. The standard InChI is InChI=1S/C9H17F3N2/c1-7(14-6-9(10,11)12)5-8-3-2-4-13-8/h7-8,13-14H,2-6H2,1H3. The van der Waals surface area contributed by atoms with Gasteiger partial charge >= 0.3 is 6.18 Å². The minimum absolute atomic E-state index is 0.0766. The summed E-state index contributed by atoms with van der Waals surface area (Å²) in [5, 5.41) is 5.75. The van der Waals surface area contributed by atoms with Crippen LogP contribution < -0.4 is 10.6 Å². The van der Waals surface area contributed by atoms with Crippen LogP contribution in [-0.2, 0) is 0 Å². The van der Waals surface area contributed by atoms with Crippen molar-refractivity contribution in [1.82, 2.24) is 10.6 Å². The maximum Gasteiger partial charge on any atom is 0.401 e. The first-order chi connectivity index (χ1) is 6.47. The Kier molecular flexibility index (Phi) is 4.19. The molecular formula is C9H17F3N2. The van der Waals surface area contributed by atoms with E-state index in [4.69, 9.17) is 0 Å². The first kappa shape index (κ1) is 11.8. The van der Waals surface area contributed by atoms with Crippen molar-refractivity contribution in [2.45, 2.75) is 44.4 Å². The van der Waals surface area contributed by atoms with Crippen molar-refractivity contribution in [2.24, 2.45) is 0 Å². The highest BCUT2D eigenvalue weighted by Gasteiger charge is 2.27. The first-order valence-electron chi connectivity index (χ1n) is 5.01. The molecule has 1 aliphatic rings. The molecule has 2 unspecified atom stereocenters. The zero-order valence-corrected chi connectivity index (χ0v) is 8.32. The van der Waals surface area contributed by atoms with Crippen LogP contribution in [0.1, 0.15) is 26.2 Å². The van der Waals surface area contributed by atoms with Gasteiger partial charge in [0.15, 0.2) is 0 Å². The molecule has 1 aliphatic heterocycles. The highest BCUT2D eigenvalue weighted by atomic mass is 19.4. The molecule has 0 aromatic heterocycles. The average molecular weight is 210 g/mol. The molecule has 0 radical (unpaired) electrons. The van der Waals surface area contributed by atoms with E-state index in [1.54, 1.807) is 6.92 Å². The van der Waals surface area contributed by atoms with Crippen LogP contribution in [0.15, 0.2) is 0 Å². The molecule has 0 aromatic carbocycles. The van der Waals surface area contributed by atoms with Crippen LogP contribution >= 0.6 is 0 Å². The lowest BCUT2D eigenvalue weighted by Crippen LogP contribution is -2.38. The molecule has 5 heteroatoms. The first-order valence-corrected chi connectivity index (χ1v) is 5.01. The quantitative estimate of drug-likeness (QED) is 0.737. The van der Waals surface area contributed by atoms with Crippen molar-refractivity contribution >= 4 is 0 Å². The Morgan fingerprint density at radius 2 is 2.21 bits per heavy atom. The Morgan fingerprint density at radius 3 is 2.71 bits per heavy atom. The third kappa shape index (κ3) is 4.81. The van der Waals surface area contributed by atoms with E-state index in [1.165, 1.54) is 0 Å². The van der Waals surface area contributed by atoms with Gasteiger partial charge in [0.1, 0.15) is 0 Å². The van der Waals surface area contributed by atoms with E-state index in [2.05, 4.69) is 10.6 Å². The van der Waals surface area contributed by atoms with Crippen LogP contribution in [0.2, 0.25) is 0 Å². The van der Waals surface area contributed by atoms with Gasteiger partial charge < -0.3 is 10.6 Å². The summed E-state index contributed by atoms with van der Waals surface area (Å²) in [6.45, 7) is 1.91. The summed E-state index contributed by atoms with van der Waals surface area (Å²) in [7, 11) is 0. The zero-order valence-electron chi connectivity index (χ0n) is 8.32. The van der Waals surface area contributed by atoms with E-state index < -0.39 is 12.7 Å². The molecule has 1 fully saturated rings. The van der Waals surface area contributed by atoms with Gasteiger partial charge in [-0.15, -0.1) is 0 Å². The number of hydrogen-bond acceptors (Lipinski definition) is 2. The van der Waals surface area contributed by atoms with Crippen molar-refractivity contribution < 1.29 is 13.2 Å². The number of halogens is 3. The average Bonchev–Trinajstić information content (AvgIpc) is 2.52. The number of rotatable bonds is 4. The fourth-order valence-electron chi connectivity index (χ4n) is 1.76. The van der Waals surface area contributed by atoms with Crippen molar-refractivity contribution in [2.75, 3.05) is 13.1 Å². The van der Waals surface area contributed by atoms with E-state index in [-0.39, 0.29) is 6.04 Å². The predicted molar refractivity (Wildman–Crippen MR) is 49.2 cm³/mol. The van der Waals surface area contributed by atoms with Gasteiger partial charge in [-0.25, -0.2) is 0 Å². The Bertz CT molecular complexity index is 164. The van der Waals surface area contributed by atoms with Gasteiger partial charge in [0.2, 0.25) is 0 Å². The number of hydrogen-bond donors (Lipinski definition) is 2. The van der Waals surface area contributed by atoms with Crippen LogP contribution in [0.4, 0.5) is 13.2 Å². The maximum atomic E-state index is 11.9. The largest absolute Gasteiger partial charge is 0.401 e. The third-order valence-electron chi connectivity index (χ3n) is 2.45. The third-order valence-corrected chi connectivity index (χ3v) is 2.45. The van der Waals surface area contributed by atoms with Crippen LogP contribution in [-0.4, -0.2) is 31.3 Å². The summed E-state index contributed by atoms with van der Waals surface area (Å²) >= 11 is 0. The zero-order chi connectivity index (χ0) is 10.6. The number of alkyl halides is 3. The van der Waals surface area contributed by atoms with Crippen molar-refractivity contribution in [3.63, 3.8) is 0 Å². The fraction of sp³-hybridized carbons (Fsp3) is 1.00. The molecule has 14 heavy (non-hydrogen) atoms. The normalized spacial score (nSPS) is 25.3. The Morgan fingerprint density at radius 1 is 1.50 bits per heavy atom. The van der Waals surface area contributed by atoms with Gasteiger partial charge in [-0.05, 0) is 32.7 Å². The minimum Gasteiger partial charge on any atom is -0.314 e. The SMILES string of the molecule is CC(CC1CCCN1)NCC(F)(F)F. The molecular weight excluding hydrogens is 193 g/mol. The van der Waals surface area contributed by atoms with Gasteiger partial charge in [0.25, 0.3) is 0 Å². The van der Waals surface area contributed by atoms with Gasteiger partial charge in [0, 0.05) is 12.1 Å². The molecule has 84 valence electrons. The number of nitrogens with one attached hydrogen (secondary N) is 2. The van der Waals surface area contributed by atoms with Crippen molar-refractivity contribution in [3.05, 3.63) is 0 Å². The molecule has 0 aliphatic carbocycles. The van der Waals surface area contributed by atoms with Crippen molar-refractivity contribution in [3.8, 4) is 0 Å². The van der Waals surface area contributed by atoms with Crippen LogP contribution in [0.3, 0.4) is 0 Å². The summed E-state index contributed by atoms with van der Waals surface area (Å²) in [5.41, 5.74) is 0. The molecule has 1 saturated heterocycles. The second-order valence-corrected chi connectivity index (χ2v) is 3.93. The second-order valence-electron chi connectivity index (χ2n) is 3.93. The predicted octanol–water partition coefficient (Wildman–Crippen LogP) is 1.67. The Labute approximate surface area is 82.2 Å². The maximum absolute atomic E-state index is 11.9. The topological polar surface area (TPSA) is 24.1 Å². The van der Waals surface area contributed by atoms with E-state index in [0.717, 1.165) is 25.8 Å². The highest BCUT2D eigenvalue weighted by molar-refractivity contribution is 4.78. The van der Waals surface area contributed by atoms with Gasteiger partial charge in [-0.2, -0.15) is 13.2 Å². The van der Waals surface area contributed by atoms with Crippen molar-refractivity contribution in [1.29, 1.82) is 0 Å². The molecule has 2 N–H and O–H groups in total. The van der Waals surface area contributed by atoms with Crippen LogP contribution in [0.25, 0.3) is 0 Å². The molecule has 1 heterocycles. The second kappa shape index (κ2) is 4.98. The Balaban J connectivity index is 2.12. The summed E-state index contributed by atoms with van der Waals surface area (Å²) in [6.07, 6.45) is -1.11. The molecule has 0 amide bonds. The van der Waals surface area contributed by atoms with Gasteiger partial charge in [-0.3, -0.25) is 0 Å². The smallest absolute Gasteiger partial charge is 0.314 e. The fourth-order valence-corrected chi connectivity index (χ4v) is 1.76. The van der Waals surface area contributed by atoms with E-state index in [0.29, 0.717) is 6.04 Å². The Hall–Kier alpha value is -0.290. The lowest BCUT2D eigenvalue weighted by molar-refractivity contribution is -0.126. The van der Waals surface area contributed by atoms with Gasteiger partial charge in [-0.1, -0.05) is 0 Å². The van der Waals surface area contributed by atoms with E-state index in [1.807, 2.05) is 0 Å². The molecule has 2 nitrogen and oxygen atoms in total. The monoisotopic (exact) mass is 210 g/mol.